The van der Waals surface area contributed by atoms with Crippen molar-refractivity contribution in [2.45, 2.75) is 145 Å². The molecule has 5 aliphatic carbocycles. The van der Waals surface area contributed by atoms with Crippen LogP contribution in [0.2, 0.25) is 0 Å². The number of methoxy groups -OCH3 is 1. The summed E-state index contributed by atoms with van der Waals surface area (Å²) in [6.07, 6.45) is 9.53. The highest BCUT2D eigenvalue weighted by Crippen LogP contribution is 2.77. The van der Waals surface area contributed by atoms with Crippen molar-refractivity contribution in [3.05, 3.63) is 45.9 Å². The summed E-state index contributed by atoms with van der Waals surface area (Å²) >= 11 is 7.22. The number of ketones is 2. The van der Waals surface area contributed by atoms with Crippen LogP contribution in [0.3, 0.4) is 0 Å². The largest absolute Gasteiger partial charge is 0.495 e. The molecule has 7 rings (SSSR count). The summed E-state index contributed by atoms with van der Waals surface area (Å²) in [5.74, 6) is 0.340. The van der Waals surface area contributed by atoms with Gasteiger partial charge in [0.2, 0.25) is 0 Å². The fraction of sp³-hybridized carbons (Fsp3) is 0.723. The first kappa shape index (κ1) is 41.9. The van der Waals surface area contributed by atoms with Crippen molar-refractivity contribution >= 4 is 35.1 Å². The number of pyridine rings is 1. The molecule has 6 aliphatic rings. The molecule has 0 amide bonds. The smallest absolute Gasteiger partial charge is 0.309 e. The van der Waals surface area contributed by atoms with Gasteiger partial charge in [-0.2, -0.15) is 0 Å². The normalized spacial score (nSPS) is 37.5. The Morgan fingerprint density at radius 1 is 0.982 bits per heavy atom. The number of carbonyl (C=O) groups excluding carboxylic acids is 3. The van der Waals surface area contributed by atoms with Gasteiger partial charge < -0.3 is 19.5 Å². The second-order valence-corrected chi connectivity index (χ2v) is 21.4. The highest BCUT2D eigenvalue weighted by atomic mass is 35.5. The van der Waals surface area contributed by atoms with Gasteiger partial charge in [-0.3, -0.25) is 24.2 Å². The number of Topliss-reactive ketones (excluding diaryl/α,β-unsaturated/α-hetero) is 2. The molecule has 4 fully saturated rings. The van der Waals surface area contributed by atoms with Crippen LogP contribution in [-0.2, 0) is 30.3 Å². The zero-order chi connectivity index (χ0) is 41.8. The number of hydrogen-bond acceptors (Lipinski definition) is 8. The van der Waals surface area contributed by atoms with Crippen LogP contribution in [0.25, 0.3) is 0 Å². The number of ether oxygens (including phenoxy) is 2. The number of hydrogen-bond donors (Lipinski definition) is 1. The Bertz CT molecular complexity index is 1930. The van der Waals surface area contributed by atoms with Crippen molar-refractivity contribution < 1.29 is 33.8 Å². The van der Waals surface area contributed by atoms with Crippen molar-refractivity contribution in [2.75, 3.05) is 14.2 Å². The SMILES string of the molecule is COc1ccc(CC2C(=O)C(Cl)=C([C@@]34CC[C@]5(C)C(CC[C@@H]6[C@@]7(C)CC[C@H](OC(=O)CC(C)(C)C(=O)O)C(C)(C)[C@@H]7CC[C@]65C)C3=C(C(C)C)C(=O)C4)N2C)nc1. The molecule has 0 aromatic carbocycles. The number of esters is 1. The summed E-state index contributed by atoms with van der Waals surface area (Å²) in [6.45, 7) is 19.5. The van der Waals surface area contributed by atoms with Crippen molar-refractivity contribution in [3.8, 4) is 5.75 Å². The summed E-state index contributed by atoms with van der Waals surface area (Å²) < 4.78 is 11.5. The average Bonchev–Trinajstić information content (AvgIpc) is 3.54. The van der Waals surface area contributed by atoms with Gasteiger partial charge >= 0.3 is 11.9 Å². The van der Waals surface area contributed by atoms with Gasteiger partial charge in [0.15, 0.2) is 11.6 Å². The van der Waals surface area contributed by atoms with Crippen LogP contribution in [0.4, 0.5) is 0 Å². The Hall–Kier alpha value is -3.20. The minimum Gasteiger partial charge on any atom is -0.495 e. The maximum Gasteiger partial charge on any atom is 0.309 e. The maximum absolute atomic E-state index is 14.4. The number of halogens is 1. The Labute approximate surface area is 344 Å². The highest BCUT2D eigenvalue weighted by molar-refractivity contribution is 6.44. The topological polar surface area (TPSA) is 123 Å². The van der Waals surface area contributed by atoms with E-state index in [4.69, 9.17) is 21.1 Å². The molecule has 1 aromatic heterocycles. The summed E-state index contributed by atoms with van der Waals surface area (Å²) in [6, 6.07) is 3.26. The molecular weight excluding hydrogens is 740 g/mol. The second kappa shape index (κ2) is 13.9. The highest BCUT2D eigenvalue weighted by Gasteiger charge is 2.71. The molecule has 57 heavy (non-hydrogen) atoms. The quantitative estimate of drug-likeness (QED) is 0.243. The Morgan fingerprint density at radius 3 is 2.30 bits per heavy atom. The van der Waals surface area contributed by atoms with Gasteiger partial charge in [-0.25, -0.2) is 0 Å². The van der Waals surface area contributed by atoms with Crippen LogP contribution in [0, 0.1) is 56.2 Å². The molecule has 9 nitrogen and oxygen atoms in total. The molecule has 9 atom stereocenters. The number of aromatic nitrogens is 1. The summed E-state index contributed by atoms with van der Waals surface area (Å²) in [5, 5.41) is 9.92. The van der Waals surface area contributed by atoms with Crippen LogP contribution >= 0.6 is 11.6 Å². The molecular formula is C47H65ClN2O7. The molecule has 10 heteroatoms. The van der Waals surface area contributed by atoms with E-state index in [9.17, 15) is 24.3 Å². The van der Waals surface area contributed by atoms with Crippen LogP contribution < -0.4 is 4.74 Å². The van der Waals surface area contributed by atoms with E-state index in [0.29, 0.717) is 30.4 Å². The van der Waals surface area contributed by atoms with E-state index >= 15 is 0 Å². The van der Waals surface area contributed by atoms with Crippen molar-refractivity contribution in [1.29, 1.82) is 0 Å². The number of fused-ring (bicyclic) bond motifs is 7. The van der Waals surface area contributed by atoms with Gasteiger partial charge in [-0.15, -0.1) is 0 Å². The van der Waals surface area contributed by atoms with E-state index in [1.165, 1.54) is 5.57 Å². The van der Waals surface area contributed by atoms with Crippen molar-refractivity contribution in [3.63, 3.8) is 0 Å². The monoisotopic (exact) mass is 804 g/mol. The molecule has 0 spiro atoms. The predicted octanol–water partition coefficient (Wildman–Crippen LogP) is 9.36. The zero-order valence-electron chi connectivity index (χ0n) is 36.1. The number of aliphatic carboxylic acids is 1. The number of carbonyl (C=O) groups is 4. The first-order chi connectivity index (χ1) is 26.5. The van der Waals surface area contributed by atoms with Crippen molar-refractivity contribution in [1.82, 2.24) is 9.88 Å². The van der Waals surface area contributed by atoms with E-state index in [1.54, 1.807) is 27.2 Å². The third kappa shape index (κ3) is 6.07. The van der Waals surface area contributed by atoms with Gasteiger partial charge in [-0.1, -0.05) is 60.1 Å². The molecule has 0 saturated heterocycles. The fourth-order valence-corrected chi connectivity index (χ4v) is 14.5. The summed E-state index contributed by atoms with van der Waals surface area (Å²) in [7, 11) is 3.59. The van der Waals surface area contributed by atoms with Gasteiger partial charge in [0, 0.05) is 42.1 Å². The first-order valence-corrected chi connectivity index (χ1v) is 21.7. The molecule has 1 aromatic rings. The standard InChI is InChI=1S/C47H65ClN2O7/c1-26(2)36-31(51)23-47(40-38(48)39(53)30(50(40)10)22-27-12-13-28(56-11)25-49-27)21-20-45(8)29(37(36)47)14-15-33-44(7)18-17-34(57-35(52)24-42(3,4)41(54)55)43(5,6)32(44)16-19-46(33,45)9/h12-13,25-26,29-30,32-34H,14-24H2,1-11H3,(H,54,55)/t29?,30?,32-,33+,34-,44-,45+,46+,47+/m0/s1. The van der Waals surface area contributed by atoms with Gasteiger partial charge in [0.05, 0.1) is 31.2 Å². The second-order valence-electron chi connectivity index (χ2n) is 21.0. The molecule has 0 radical (unpaired) electrons. The van der Waals surface area contributed by atoms with Crippen LogP contribution in [0.1, 0.15) is 132 Å². The van der Waals surface area contributed by atoms with E-state index < -0.39 is 28.8 Å². The third-order valence-corrected chi connectivity index (χ3v) is 17.6. The van der Waals surface area contributed by atoms with Gasteiger partial charge in [-0.05, 0) is 128 Å². The molecule has 4 saturated carbocycles. The third-order valence-electron chi connectivity index (χ3n) is 17.2. The Kier molecular flexibility index (Phi) is 10.3. The maximum atomic E-state index is 14.4. The predicted molar refractivity (Wildman–Crippen MR) is 219 cm³/mol. The van der Waals surface area contributed by atoms with Gasteiger partial charge in [0.1, 0.15) is 16.9 Å². The number of nitrogens with zero attached hydrogens (tertiary/aromatic N) is 2. The minimum absolute atomic E-state index is 0.00268. The van der Waals surface area contributed by atoms with Crippen LogP contribution in [0.5, 0.6) is 5.75 Å². The Morgan fingerprint density at radius 2 is 1.68 bits per heavy atom. The van der Waals surface area contributed by atoms with E-state index in [0.717, 1.165) is 68.3 Å². The lowest BCUT2D eigenvalue weighted by molar-refractivity contribution is -0.233. The molecule has 0 bridgehead atoms. The van der Waals surface area contributed by atoms with E-state index in [1.807, 2.05) is 19.2 Å². The van der Waals surface area contributed by atoms with E-state index in [-0.39, 0.29) is 62.6 Å². The average molecular weight is 805 g/mol. The number of likely N-dealkylation sites (N-methyl/N-ethyl adjacent to an activating group) is 1. The van der Waals surface area contributed by atoms with Crippen molar-refractivity contribution in [2.24, 2.45) is 56.2 Å². The lowest BCUT2D eigenvalue weighted by Gasteiger charge is -2.72. The van der Waals surface area contributed by atoms with Crippen LogP contribution in [-0.4, -0.2) is 64.8 Å². The molecule has 1 aliphatic heterocycles. The fourth-order valence-electron chi connectivity index (χ4n) is 14.1. The lowest BCUT2D eigenvalue weighted by Crippen LogP contribution is -2.66. The zero-order valence-corrected chi connectivity index (χ0v) is 36.9. The summed E-state index contributed by atoms with van der Waals surface area (Å²) in [5.41, 5.74) is 1.71. The number of carboxylic acids is 1. The first-order valence-electron chi connectivity index (χ1n) is 21.4. The van der Waals surface area contributed by atoms with Crippen LogP contribution in [0.15, 0.2) is 40.2 Å². The molecule has 312 valence electrons. The Balaban J connectivity index is 1.20. The minimum atomic E-state index is -1.18. The summed E-state index contributed by atoms with van der Waals surface area (Å²) in [4.78, 5) is 60.2. The molecule has 2 unspecified atom stereocenters. The number of carboxylic acid groups (broad SMARTS) is 1. The number of rotatable bonds is 9. The van der Waals surface area contributed by atoms with E-state index in [2.05, 4.69) is 58.4 Å². The molecule has 2 heterocycles. The number of allylic oxidation sites excluding steroid dienone is 2. The van der Waals surface area contributed by atoms with Gasteiger partial charge in [0.25, 0.3) is 0 Å². The molecule has 1 N–H and O–H groups in total. The lowest BCUT2D eigenvalue weighted by atomic mass is 9.33.